The molecular formula is C13H11Cl2NS. The lowest BCUT2D eigenvalue weighted by Gasteiger charge is -2.08. The van der Waals surface area contributed by atoms with Gasteiger partial charge in [0, 0.05) is 21.4 Å². The van der Waals surface area contributed by atoms with Gasteiger partial charge in [-0.1, -0.05) is 47.1 Å². The molecule has 0 heterocycles. The van der Waals surface area contributed by atoms with E-state index in [2.05, 4.69) is 0 Å². The van der Waals surface area contributed by atoms with Gasteiger partial charge < -0.3 is 5.73 Å². The molecule has 0 spiro atoms. The molecule has 1 nitrogen and oxygen atoms in total. The topological polar surface area (TPSA) is 26.0 Å². The Morgan fingerprint density at radius 1 is 1.00 bits per heavy atom. The van der Waals surface area contributed by atoms with Gasteiger partial charge in [0.2, 0.25) is 0 Å². The van der Waals surface area contributed by atoms with Gasteiger partial charge in [0.1, 0.15) is 0 Å². The largest absolute Gasteiger partial charge is 0.326 e. The van der Waals surface area contributed by atoms with E-state index in [-0.39, 0.29) is 0 Å². The van der Waals surface area contributed by atoms with Gasteiger partial charge in [-0.2, -0.15) is 0 Å². The number of hydrogen-bond donors (Lipinski definition) is 1. The maximum Gasteiger partial charge on any atom is 0.0545 e. The van der Waals surface area contributed by atoms with Crippen LogP contribution in [0.4, 0.5) is 0 Å². The van der Waals surface area contributed by atoms with Crippen molar-refractivity contribution in [2.45, 2.75) is 16.3 Å². The summed E-state index contributed by atoms with van der Waals surface area (Å²) in [5.41, 5.74) is 6.74. The van der Waals surface area contributed by atoms with Gasteiger partial charge in [0.15, 0.2) is 0 Å². The molecule has 0 aliphatic rings. The van der Waals surface area contributed by atoms with Crippen LogP contribution in [0.3, 0.4) is 0 Å². The highest BCUT2D eigenvalue weighted by atomic mass is 35.5. The molecule has 0 fully saturated rings. The molecule has 0 radical (unpaired) electrons. The van der Waals surface area contributed by atoms with Crippen LogP contribution in [-0.2, 0) is 6.54 Å². The predicted octanol–water partition coefficient (Wildman–Crippen LogP) is 4.60. The first-order chi connectivity index (χ1) is 8.20. The molecule has 2 aromatic carbocycles. The van der Waals surface area contributed by atoms with Gasteiger partial charge in [0.25, 0.3) is 0 Å². The minimum absolute atomic E-state index is 0.466. The Bertz CT molecular complexity index is 529. The molecule has 0 aliphatic carbocycles. The Labute approximate surface area is 115 Å². The number of hydrogen-bond acceptors (Lipinski definition) is 2. The van der Waals surface area contributed by atoms with Gasteiger partial charge >= 0.3 is 0 Å². The summed E-state index contributed by atoms with van der Waals surface area (Å²) < 4.78 is 0. The first-order valence-corrected chi connectivity index (χ1v) is 6.69. The first kappa shape index (κ1) is 12.8. The van der Waals surface area contributed by atoms with Crippen molar-refractivity contribution in [2.24, 2.45) is 5.73 Å². The lowest BCUT2D eigenvalue weighted by Crippen LogP contribution is -1.98. The van der Waals surface area contributed by atoms with Crippen LogP contribution in [0.15, 0.2) is 52.3 Å². The maximum absolute atomic E-state index is 6.12. The smallest absolute Gasteiger partial charge is 0.0545 e. The van der Waals surface area contributed by atoms with Crippen LogP contribution in [0, 0.1) is 0 Å². The number of rotatable bonds is 3. The fourth-order valence-electron chi connectivity index (χ4n) is 1.45. The minimum Gasteiger partial charge on any atom is -0.326 e. The van der Waals surface area contributed by atoms with Gasteiger partial charge in [-0.3, -0.25) is 0 Å². The monoisotopic (exact) mass is 283 g/mol. The van der Waals surface area contributed by atoms with E-state index in [0.29, 0.717) is 11.6 Å². The van der Waals surface area contributed by atoms with Crippen LogP contribution in [0.5, 0.6) is 0 Å². The summed E-state index contributed by atoms with van der Waals surface area (Å²) in [6.07, 6.45) is 0. The third-order valence-corrected chi connectivity index (χ3v) is 4.17. The van der Waals surface area contributed by atoms with Crippen molar-refractivity contribution in [1.82, 2.24) is 0 Å². The van der Waals surface area contributed by atoms with E-state index < -0.39 is 0 Å². The summed E-state index contributed by atoms with van der Waals surface area (Å²) in [5, 5.41) is 1.45. The molecule has 2 aromatic rings. The van der Waals surface area contributed by atoms with Crippen molar-refractivity contribution in [3.63, 3.8) is 0 Å². The third kappa shape index (κ3) is 3.17. The third-order valence-electron chi connectivity index (χ3n) is 2.30. The van der Waals surface area contributed by atoms with E-state index in [4.69, 9.17) is 28.9 Å². The summed E-state index contributed by atoms with van der Waals surface area (Å²) in [4.78, 5) is 2.11. The van der Waals surface area contributed by atoms with Crippen molar-refractivity contribution in [3.8, 4) is 0 Å². The highest BCUT2D eigenvalue weighted by Gasteiger charge is 2.06. The van der Waals surface area contributed by atoms with E-state index in [0.717, 1.165) is 20.4 Å². The summed E-state index contributed by atoms with van der Waals surface area (Å²) >= 11 is 13.7. The molecule has 0 amide bonds. The molecule has 0 atom stereocenters. The van der Waals surface area contributed by atoms with Crippen LogP contribution in [0.2, 0.25) is 10.0 Å². The molecule has 4 heteroatoms. The molecule has 0 bridgehead atoms. The summed E-state index contributed by atoms with van der Waals surface area (Å²) in [6, 6.07) is 13.5. The lowest BCUT2D eigenvalue weighted by atomic mass is 10.2. The second-order valence-corrected chi connectivity index (χ2v) is 5.42. The number of halogens is 2. The standard InChI is InChI=1S/C13H11Cl2NS/c14-10-5-6-12(9(7-10)8-16)17-13-4-2-1-3-11(13)15/h1-7H,8,16H2. The van der Waals surface area contributed by atoms with Crippen LogP contribution in [0.1, 0.15) is 5.56 Å². The van der Waals surface area contributed by atoms with Crippen molar-refractivity contribution in [3.05, 3.63) is 58.1 Å². The van der Waals surface area contributed by atoms with Gasteiger partial charge in [-0.15, -0.1) is 0 Å². The average molecular weight is 284 g/mol. The van der Waals surface area contributed by atoms with Crippen LogP contribution < -0.4 is 5.73 Å². The van der Waals surface area contributed by atoms with Crippen LogP contribution in [0.25, 0.3) is 0 Å². The van der Waals surface area contributed by atoms with Crippen molar-refractivity contribution < 1.29 is 0 Å². The molecule has 0 aromatic heterocycles. The first-order valence-electron chi connectivity index (χ1n) is 5.11. The fourth-order valence-corrected chi connectivity index (χ4v) is 2.86. The molecule has 2 rings (SSSR count). The van der Waals surface area contributed by atoms with Crippen LogP contribution in [-0.4, -0.2) is 0 Å². The molecule has 0 unspecified atom stereocenters. The predicted molar refractivity (Wildman–Crippen MR) is 74.9 cm³/mol. The van der Waals surface area contributed by atoms with Crippen molar-refractivity contribution >= 4 is 35.0 Å². The highest BCUT2D eigenvalue weighted by molar-refractivity contribution is 7.99. The minimum atomic E-state index is 0.466. The summed E-state index contributed by atoms with van der Waals surface area (Å²) in [6.45, 7) is 0.466. The summed E-state index contributed by atoms with van der Waals surface area (Å²) in [5.74, 6) is 0. The summed E-state index contributed by atoms with van der Waals surface area (Å²) in [7, 11) is 0. The average Bonchev–Trinajstić information content (AvgIpc) is 2.34. The normalized spacial score (nSPS) is 10.5. The van der Waals surface area contributed by atoms with E-state index >= 15 is 0 Å². The zero-order chi connectivity index (χ0) is 12.3. The van der Waals surface area contributed by atoms with Gasteiger partial charge in [-0.05, 0) is 35.9 Å². The van der Waals surface area contributed by atoms with Crippen LogP contribution >= 0.6 is 35.0 Å². The second kappa shape index (κ2) is 5.78. The van der Waals surface area contributed by atoms with Crippen molar-refractivity contribution in [2.75, 3.05) is 0 Å². The number of nitrogens with two attached hydrogens (primary N) is 1. The van der Waals surface area contributed by atoms with Gasteiger partial charge in [-0.25, -0.2) is 0 Å². The van der Waals surface area contributed by atoms with E-state index in [1.165, 1.54) is 0 Å². The molecule has 2 N–H and O–H groups in total. The maximum atomic E-state index is 6.12. The van der Waals surface area contributed by atoms with Crippen molar-refractivity contribution in [1.29, 1.82) is 0 Å². The Morgan fingerprint density at radius 2 is 1.76 bits per heavy atom. The molecule has 17 heavy (non-hydrogen) atoms. The Kier molecular flexibility index (Phi) is 4.35. The molecular weight excluding hydrogens is 273 g/mol. The van der Waals surface area contributed by atoms with E-state index in [9.17, 15) is 0 Å². The Hall–Kier alpha value is -0.670. The van der Waals surface area contributed by atoms with E-state index in [1.54, 1.807) is 11.8 Å². The number of benzene rings is 2. The van der Waals surface area contributed by atoms with Gasteiger partial charge in [0.05, 0.1) is 5.02 Å². The molecule has 0 saturated heterocycles. The fraction of sp³-hybridized carbons (Fsp3) is 0.0769. The lowest BCUT2D eigenvalue weighted by molar-refractivity contribution is 1.03. The Balaban J connectivity index is 2.33. The zero-order valence-corrected chi connectivity index (χ0v) is 11.3. The second-order valence-electron chi connectivity index (χ2n) is 3.49. The molecule has 0 saturated carbocycles. The molecule has 0 aliphatic heterocycles. The Morgan fingerprint density at radius 3 is 2.47 bits per heavy atom. The molecule has 88 valence electrons. The highest BCUT2D eigenvalue weighted by Crippen LogP contribution is 2.35. The zero-order valence-electron chi connectivity index (χ0n) is 8.99. The SMILES string of the molecule is NCc1cc(Cl)ccc1Sc1ccccc1Cl. The quantitative estimate of drug-likeness (QED) is 0.891. The van der Waals surface area contributed by atoms with E-state index in [1.807, 2.05) is 42.5 Å².